The minimum atomic E-state index is 0.0300. The molecule has 19 heavy (non-hydrogen) atoms. The van der Waals surface area contributed by atoms with Gasteiger partial charge < -0.3 is 10.5 Å². The van der Waals surface area contributed by atoms with Crippen molar-refractivity contribution in [2.45, 2.75) is 25.5 Å². The fourth-order valence-corrected chi connectivity index (χ4v) is 2.89. The zero-order chi connectivity index (χ0) is 13.4. The summed E-state index contributed by atoms with van der Waals surface area (Å²) in [5.74, 6) is 0.889. The standard InChI is InChI=1S/C16H16BrNO/c1-10-3-2-4-11(7-10)15-9-14(18)13-6-5-12(17)8-16(13)19-15/h2-8,14-15H,9,18H2,1H3/t14-,15?/m0/s1. The smallest absolute Gasteiger partial charge is 0.126 e. The Bertz CT molecular complexity index is 611. The molecule has 0 spiro atoms. The van der Waals surface area contributed by atoms with E-state index in [1.165, 1.54) is 11.1 Å². The van der Waals surface area contributed by atoms with Crippen molar-refractivity contribution in [2.24, 2.45) is 5.73 Å². The molecule has 0 amide bonds. The summed E-state index contributed by atoms with van der Waals surface area (Å²) in [6.07, 6.45) is 0.856. The molecule has 0 fully saturated rings. The average molecular weight is 318 g/mol. The van der Waals surface area contributed by atoms with E-state index in [1.807, 2.05) is 18.2 Å². The molecule has 0 aromatic heterocycles. The van der Waals surface area contributed by atoms with Gasteiger partial charge in [0.1, 0.15) is 11.9 Å². The maximum absolute atomic E-state index is 6.27. The third-order valence-corrected chi connectivity index (χ3v) is 4.02. The van der Waals surface area contributed by atoms with E-state index >= 15 is 0 Å². The molecule has 98 valence electrons. The number of rotatable bonds is 1. The van der Waals surface area contributed by atoms with Crippen LogP contribution in [0.15, 0.2) is 46.9 Å². The van der Waals surface area contributed by atoms with Gasteiger partial charge in [-0.3, -0.25) is 0 Å². The van der Waals surface area contributed by atoms with E-state index in [-0.39, 0.29) is 12.1 Å². The highest BCUT2D eigenvalue weighted by molar-refractivity contribution is 9.10. The number of halogens is 1. The maximum atomic E-state index is 6.27. The summed E-state index contributed by atoms with van der Waals surface area (Å²) in [5, 5.41) is 0. The number of nitrogens with two attached hydrogens (primary N) is 1. The van der Waals surface area contributed by atoms with Crippen LogP contribution in [0.25, 0.3) is 0 Å². The van der Waals surface area contributed by atoms with Gasteiger partial charge in [0.15, 0.2) is 0 Å². The van der Waals surface area contributed by atoms with Crippen LogP contribution in [0, 0.1) is 6.92 Å². The molecular weight excluding hydrogens is 302 g/mol. The molecule has 0 saturated carbocycles. The van der Waals surface area contributed by atoms with Crippen molar-refractivity contribution in [3.05, 3.63) is 63.6 Å². The molecular formula is C16H16BrNO. The topological polar surface area (TPSA) is 35.2 Å². The van der Waals surface area contributed by atoms with E-state index in [0.29, 0.717) is 0 Å². The van der Waals surface area contributed by atoms with Crippen molar-refractivity contribution >= 4 is 15.9 Å². The minimum absolute atomic E-state index is 0.0300. The number of benzene rings is 2. The largest absolute Gasteiger partial charge is 0.485 e. The Kier molecular flexibility index (Phi) is 3.33. The van der Waals surface area contributed by atoms with Crippen LogP contribution in [0.5, 0.6) is 5.75 Å². The van der Waals surface area contributed by atoms with Gasteiger partial charge in [-0.1, -0.05) is 51.8 Å². The molecule has 0 aliphatic carbocycles. The lowest BCUT2D eigenvalue weighted by molar-refractivity contribution is 0.161. The second kappa shape index (κ2) is 4.99. The summed E-state index contributed by atoms with van der Waals surface area (Å²) >= 11 is 3.48. The molecule has 2 N–H and O–H groups in total. The SMILES string of the molecule is Cc1cccc(C2C[C@H](N)c3ccc(Br)cc3O2)c1. The highest BCUT2D eigenvalue weighted by atomic mass is 79.9. The molecule has 1 unspecified atom stereocenters. The third kappa shape index (κ3) is 2.53. The van der Waals surface area contributed by atoms with Crippen molar-refractivity contribution in [1.29, 1.82) is 0 Å². The number of aryl methyl sites for hydroxylation is 1. The van der Waals surface area contributed by atoms with E-state index in [0.717, 1.165) is 22.2 Å². The Labute approximate surface area is 121 Å². The van der Waals surface area contributed by atoms with Gasteiger partial charge in [-0.15, -0.1) is 0 Å². The minimum Gasteiger partial charge on any atom is -0.485 e. The first-order valence-electron chi connectivity index (χ1n) is 6.42. The van der Waals surface area contributed by atoms with Crippen LogP contribution in [0.4, 0.5) is 0 Å². The predicted molar refractivity (Wildman–Crippen MR) is 80.2 cm³/mol. The van der Waals surface area contributed by atoms with Crippen molar-refractivity contribution < 1.29 is 4.74 Å². The predicted octanol–water partition coefficient (Wildman–Crippen LogP) is 4.28. The number of hydrogen-bond donors (Lipinski definition) is 1. The molecule has 2 nitrogen and oxygen atoms in total. The quantitative estimate of drug-likeness (QED) is 0.852. The Morgan fingerprint density at radius 2 is 2.05 bits per heavy atom. The first-order valence-corrected chi connectivity index (χ1v) is 7.21. The summed E-state index contributed by atoms with van der Waals surface area (Å²) in [5.41, 5.74) is 9.80. The van der Waals surface area contributed by atoms with E-state index in [1.54, 1.807) is 0 Å². The highest BCUT2D eigenvalue weighted by Crippen LogP contribution is 2.40. The van der Waals surface area contributed by atoms with Gasteiger partial charge in [-0.05, 0) is 24.6 Å². The van der Waals surface area contributed by atoms with Gasteiger partial charge in [0.2, 0.25) is 0 Å². The normalized spacial score (nSPS) is 21.6. The molecule has 1 aliphatic heterocycles. The zero-order valence-electron chi connectivity index (χ0n) is 10.8. The molecule has 3 heteroatoms. The molecule has 2 aromatic carbocycles. The van der Waals surface area contributed by atoms with Crippen LogP contribution in [0.2, 0.25) is 0 Å². The monoisotopic (exact) mass is 317 g/mol. The molecule has 0 radical (unpaired) electrons. The lowest BCUT2D eigenvalue weighted by atomic mass is 9.93. The first kappa shape index (κ1) is 12.7. The molecule has 2 atom stereocenters. The summed E-state index contributed by atoms with van der Waals surface area (Å²) < 4.78 is 7.13. The van der Waals surface area contributed by atoms with Gasteiger partial charge >= 0.3 is 0 Å². The Hall–Kier alpha value is -1.32. The zero-order valence-corrected chi connectivity index (χ0v) is 12.4. The fraction of sp³-hybridized carbons (Fsp3) is 0.250. The van der Waals surface area contributed by atoms with E-state index in [2.05, 4.69) is 47.1 Å². The average Bonchev–Trinajstić information content (AvgIpc) is 2.38. The Balaban J connectivity index is 1.96. The van der Waals surface area contributed by atoms with E-state index in [4.69, 9.17) is 10.5 Å². The van der Waals surface area contributed by atoms with Gasteiger partial charge in [0.25, 0.3) is 0 Å². The maximum Gasteiger partial charge on any atom is 0.126 e. The van der Waals surface area contributed by atoms with Crippen molar-refractivity contribution in [3.63, 3.8) is 0 Å². The number of fused-ring (bicyclic) bond motifs is 1. The van der Waals surface area contributed by atoms with Gasteiger partial charge in [0, 0.05) is 22.5 Å². The molecule has 1 aliphatic rings. The van der Waals surface area contributed by atoms with Crippen LogP contribution in [-0.2, 0) is 0 Å². The number of hydrogen-bond acceptors (Lipinski definition) is 2. The summed E-state index contributed by atoms with van der Waals surface area (Å²) in [6, 6.07) is 14.5. The summed E-state index contributed by atoms with van der Waals surface area (Å²) in [7, 11) is 0. The second-order valence-electron chi connectivity index (χ2n) is 5.04. The van der Waals surface area contributed by atoms with Crippen LogP contribution in [0.3, 0.4) is 0 Å². The van der Waals surface area contributed by atoms with Gasteiger partial charge in [-0.25, -0.2) is 0 Å². The summed E-state index contributed by atoms with van der Waals surface area (Å²) in [4.78, 5) is 0. The van der Waals surface area contributed by atoms with Crippen LogP contribution in [0.1, 0.15) is 35.3 Å². The molecule has 2 aromatic rings. The lowest BCUT2D eigenvalue weighted by Gasteiger charge is -2.30. The van der Waals surface area contributed by atoms with E-state index < -0.39 is 0 Å². The van der Waals surface area contributed by atoms with Crippen molar-refractivity contribution in [3.8, 4) is 5.75 Å². The molecule has 0 bridgehead atoms. The first-order chi connectivity index (χ1) is 9.13. The molecule has 0 saturated heterocycles. The highest BCUT2D eigenvalue weighted by Gasteiger charge is 2.27. The Morgan fingerprint density at radius 3 is 2.84 bits per heavy atom. The summed E-state index contributed by atoms with van der Waals surface area (Å²) in [6.45, 7) is 2.09. The van der Waals surface area contributed by atoms with E-state index in [9.17, 15) is 0 Å². The van der Waals surface area contributed by atoms with Crippen molar-refractivity contribution in [1.82, 2.24) is 0 Å². The van der Waals surface area contributed by atoms with Crippen molar-refractivity contribution in [2.75, 3.05) is 0 Å². The fourth-order valence-electron chi connectivity index (χ4n) is 2.55. The van der Waals surface area contributed by atoms with Crippen LogP contribution >= 0.6 is 15.9 Å². The number of ether oxygens (including phenoxy) is 1. The third-order valence-electron chi connectivity index (χ3n) is 3.53. The van der Waals surface area contributed by atoms with Gasteiger partial charge in [0.05, 0.1) is 0 Å². The van der Waals surface area contributed by atoms with Crippen LogP contribution in [-0.4, -0.2) is 0 Å². The molecule has 1 heterocycles. The van der Waals surface area contributed by atoms with Gasteiger partial charge in [-0.2, -0.15) is 0 Å². The molecule has 3 rings (SSSR count). The lowest BCUT2D eigenvalue weighted by Crippen LogP contribution is -2.24. The second-order valence-corrected chi connectivity index (χ2v) is 5.96. The van der Waals surface area contributed by atoms with Crippen LogP contribution < -0.4 is 10.5 Å². The Morgan fingerprint density at radius 1 is 1.21 bits per heavy atom.